The number of hydrogen-bond acceptors (Lipinski definition) is 9. The van der Waals surface area contributed by atoms with Gasteiger partial charge in [0.15, 0.2) is 5.65 Å². The Bertz CT molecular complexity index is 1370. The third-order valence-corrected chi connectivity index (χ3v) is 8.48. The molecule has 4 N–H and O–H groups in total. The maximum absolute atomic E-state index is 11.8. The van der Waals surface area contributed by atoms with Gasteiger partial charge in [0.25, 0.3) is 6.01 Å². The van der Waals surface area contributed by atoms with Gasteiger partial charge in [-0.25, -0.2) is 13.4 Å². The summed E-state index contributed by atoms with van der Waals surface area (Å²) in [6.45, 7) is 0.400. The van der Waals surface area contributed by atoms with Crippen molar-refractivity contribution >= 4 is 32.8 Å². The third-order valence-electron chi connectivity index (χ3n) is 6.92. The van der Waals surface area contributed by atoms with Crippen molar-refractivity contribution in [2.45, 2.75) is 43.2 Å². The molecule has 0 amide bonds. The van der Waals surface area contributed by atoms with Crippen LogP contribution in [0.25, 0.3) is 22.4 Å². The first-order valence-corrected chi connectivity index (χ1v) is 14.2. The molecule has 4 heterocycles. The predicted molar refractivity (Wildman–Crippen MR) is 136 cm³/mol. The van der Waals surface area contributed by atoms with E-state index in [2.05, 4.69) is 15.0 Å². The highest BCUT2D eigenvalue weighted by Crippen LogP contribution is 2.33. The monoisotopic (exact) mass is 552 g/mol. The number of halogens is 1. The number of nitrogens with zero attached hydrogens (tertiary/aromatic N) is 3. The molecule has 5 atom stereocenters. The van der Waals surface area contributed by atoms with E-state index in [-0.39, 0.29) is 31.7 Å². The number of rotatable bonds is 6. The highest BCUT2D eigenvalue weighted by molar-refractivity contribution is 7.88. The van der Waals surface area contributed by atoms with Gasteiger partial charge in [0, 0.05) is 31.0 Å². The number of ether oxygens (including phenoxy) is 2. The number of H-pyrrole nitrogens is 1. The van der Waals surface area contributed by atoms with E-state index in [9.17, 15) is 23.7 Å². The minimum Gasteiger partial charge on any atom is -0.459 e. The Hall–Kier alpha value is -2.32. The summed E-state index contributed by atoms with van der Waals surface area (Å²) in [4.78, 5) is 12.0. The van der Waals surface area contributed by atoms with Crippen molar-refractivity contribution in [2.75, 3.05) is 32.6 Å². The largest absolute Gasteiger partial charge is 0.459 e. The number of aliphatic hydroxyl groups is 3. The fourth-order valence-electron chi connectivity index (χ4n) is 4.88. The van der Waals surface area contributed by atoms with Crippen molar-refractivity contribution < 1.29 is 33.2 Å². The average Bonchev–Trinajstić information content (AvgIpc) is 3.24. The van der Waals surface area contributed by atoms with E-state index in [4.69, 9.17) is 21.1 Å². The number of β-amino-alcohol motifs (C(OH)–C–C–N with tert-alkyl or cyclic N) is 1. The summed E-state index contributed by atoms with van der Waals surface area (Å²) in [5, 5.41) is 30.2. The summed E-state index contributed by atoms with van der Waals surface area (Å²) in [5.74, 6) is -0.168. The van der Waals surface area contributed by atoms with Gasteiger partial charge < -0.3 is 29.8 Å². The van der Waals surface area contributed by atoms with E-state index in [1.807, 2.05) is 24.3 Å². The molecule has 0 radical (unpaired) electrons. The van der Waals surface area contributed by atoms with Gasteiger partial charge in [-0.3, -0.25) is 0 Å². The van der Waals surface area contributed by atoms with Gasteiger partial charge in [-0.1, -0.05) is 35.9 Å². The Labute approximate surface area is 219 Å². The van der Waals surface area contributed by atoms with E-state index >= 15 is 0 Å². The lowest BCUT2D eigenvalue weighted by Crippen LogP contribution is -2.45. The molecular weight excluding hydrogens is 524 g/mol. The zero-order valence-corrected chi connectivity index (χ0v) is 21.7. The van der Waals surface area contributed by atoms with Crippen LogP contribution < -0.4 is 4.74 Å². The number of pyridine rings is 1. The Morgan fingerprint density at radius 1 is 1.22 bits per heavy atom. The molecule has 0 bridgehead atoms. The van der Waals surface area contributed by atoms with Crippen molar-refractivity contribution in [3.63, 3.8) is 0 Å². The van der Waals surface area contributed by atoms with Gasteiger partial charge in [0.05, 0.1) is 47.9 Å². The number of aromatic amines is 1. The highest BCUT2D eigenvalue weighted by Gasteiger charge is 2.33. The molecule has 0 aliphatic carbocycles. The first-order chi connectivity index (χ1) is 17.6. The fraction of sp³-hybridized carbons (Fsp3) is 0.500. The van der Waals surface area contributed by atoms with Crippen molar-refractivity contribution in [3.05, 3.63) is 40.9 Å². The zero-order chi connectivity index (χ0) is 26.3. The summed E-state index contributed by atoms with van der Waals surface area (Å²) >= 11 is 6.53. The summed E-state index contributed by atoms with van der Waals surface area (Å²) in [6.07, 6.45) is -0.689. The van der Waals surface area contributed by atoms with Gasteiger partial charge in [0.2, 0.25) is 10.0 Å². The molecule has 2 aliphatic rings. The van der Waals surface area contributed by atoms with Crippen LogP contribution in [0.15, 0.2) is 30.3 Å². The van der Waals surface area contributed by atoms with Crippen LogP contribution in [0.5, 0.6) is 6.01 Å². The van der Waals surface area contributed by atoms with Crippen LogP contribution in [0, 0.1) is 0 Å². The molecule has 200 valence electrons. The Balaban J connectivity index is 1.31. The molecule has 2 aliphatic heterocycles. The number of imidazole rings is 1. The topological polar surface area (TPSA) is 158 Å². The molecule has 0 saturated carbocycles. The highest BCUT2D eigenvalue weighted by atomic mass is 35.5. The number of benzene rings is 1. The number of fused-ring (bicyclic) bond motifs is 1. The second-order valence-electron chi connectivity index (χ2n) is 9.53. The van der Waals surface area contributed by atoms with Crippen LogP contribution >= 0.6 is 11.6 Å². The van der Waals surface area contributed by atoms with E-state index in [0.717, 1.165) is 17.4 Å². The fourth-order valence-corrected chi connectivity index (χ4v) is 6.00. The van der Waals surface area contributed by atoms with Gasteiger partial charge in [-0.05, 0) is 18.1 Å². The number of piperidine rings is 1. The Kier molecular flexibility index (Phi) is 7.42. The molecule has 2 aromatic heterocycles. The van der Waals surface area contributed by atoms with E-state index in [1.165, 1.54) is 4.31 Å². The van der Waals surface area contributed by atoms with Gasteiger partial charge in [0.1, 0.15) is 12.2 Å². The second-order valence-corrected chi connectivity index (χ2v) is 11.9. The van der Waals surface area contributed by atoms with Crippen molar-refractivity contribution in [1.82, 2.24) is 19.3 Å². The number of nitrogens with one attached hydrogen (secondary N) is 1. The zero-order valence-electron chi connectivity index (χ0n) is 20.1. The smallest absolute Gasteiger partial charge is 0.296 e. The normalized spacial score (nSPS) is 27.4. The minimum absolute atomic E-state index is 0.0762. The summed E-state index contributed by atoms with van der Waals surface area (Å²) in [5.41, 5.74) is 3.22. The lowest BCUT2D eigenvalue weighted by atomic mass is 9.87. The summed E-state index contributed by atoms with van der Waals surface area (Å²) in [7, 11) is -3.34. The molecule has 3 aromatic rings. The predicted octanol–water partition coefficient (Wildman–Crippen LogP) is 1.28. The Morgan fingerprint density at radius 2 is 1.97 bits per heavy atom. The van der Waals surface area contributed by atoms with E-state index in [0.29, 0.717) is 41.3 Å². The molecule has 5 rings (SSSR count). The Morgan fingerprint density at radius 3 is 2.62 bits per heavy atom. The molecule has 2 fully saturated rings. The van der Waals surface area contributed by atoms with Crippen molar-refractivity contribution in [2.24, 2.45) is 0 Å². The number of sulfonamides is 1. The molecule has 37 heavy (non-hydrogen) atoms. The van der Waals surface area contributed by atoms with Crippen molar-refractivity contribution in [3.8, 4) is 17.3 Å². The first kappa shape index (κ1) is 26.3. The summed E-state index contributed by atoms with van der Waals surface area (Å²) in [6, 6.07) is 9.47. The molecule has 2 saturated heterocycles. The molecular formula is C24H29ClN4O7S. The standard InChI is InChI=1S/C24H29ClN4O7S/c1-37(33,34)29-7-6-16(20(32)10-29)13-2-4-14(5-3-13)22-17(25)9-18-23(27-22)28-24(26-18)36-15-8-19(31)21(11-30)35-12-15/h2-5,9,15-16,19-21,30-32H,6-8,10-12H2,1H3,(H,26,27,28)/t15-,16?,19+,20?,21-/m1/s1. The molecule has 13 heteroatoms. The van der Waals surface area contributed by atoms with E-state index in [1.54, 1.807) is 6.07 Å². The van der Waals surface area contributed by atoms with Crippen LogP contribution in [0.2, 0.25) is 5.02 Å². The quantitative estimate of drug-likeness (QED) is 0.353. The molecule has 2 unspecified atom stereocenters. The van der Waals surface area contributed by atoms with Gasteiger partial charge in [-0.15, -0.1) is 0 Å². The summed E-state index contributed by atoms with van der Waals surface area (Å²) < 4.78 is 36.2. The van der Waals surface area contributed by atoms with Crippen LogP contribution in [0.3, 0.4) is 0 Å². The van der Waals surface area contributed by atoms with Crippen LogP contribution in [-0.2, 0) is 14.8 Å². The molecule has 11 nitrogen and oxygen atoms in total. The first-order valence-electron chi connectivity index (χ1n) is 12.0. The van der Waals surface area contributed by atoms with E-state index < -0.39 is 34.4 Å². The van der Waals surface area contributed by atoms with Crippen LogP contribution in [0.1, 0.15) is 24.3 Å². The third kappa shape index (κ3) is 5.60. The van der Waals surface area contributed by atoms with Crippen LogP contribution in [0.4, 0.5) is 0 Å². The maximum Gasteiger partial charge on any atom is 0.296 e. The lowest BCUT2D eigenvalue weighted by Gasteiger charge is -2.34. The maximum atomic E-state index is 11.8. The van der Waals surface area contributed by atoms with Crippen LogP contribution in [-0.4, -0.2) is 100.0 Å². The van der Waals surface area contributed by atoms with Gasteiger partial charge >= 0.3 is 0 Å². The molecule has 0 spiro atoms. The number of aliphatic hydroxyl groups excluding tert-OH is 3. The second kappa shape index (κ2) is 10.4. The van der Waals surface area contributed by atoms with Gasteiger partial charge in [-0.2, -0.15) is 9.29 Å². The van der Waals surface area contributed by atoms with Crippen molar-refractivity contribution in [1.29, 1.82) is 0 Å². The number of hydrogen-bond donors (Lipinski definition) is 4. The molecule has 1 aromatic carbocycles. The lowest BCUT2D eigenvalue weighted by molar-refractivity contribution is -0.131. The number of aromatic nitrogens is 3. The minimum atomic E-state index is -3.34. The average molecular weight is 553 g/mol. The SMILES string of the molecule is CS(=O)(=O)N1CCC(c2ccc(-c3nc4nc(O[C@H]5CO[C@H](CO)[C@@H](O)C5)[nH]c4cc3Cl)cc2)C(O)C1.